The van der Waals surface area contributed by atoms with Gasteiger partial charge in [-0.1, -0.05) is 23.3 Å². The van der Waals surface area contributed by atoms with Crippen LogP contribution in [0.5, 0.6) is 0 Å². The molecule has 2 N–H and O–H groups in total. The van der Waals surface area contributed by atoms with Crippen LogP contribution in [0.2, 0.25) is 0 Å². The predicted molar refractivity (Wildman–Crippen MR) is 84.5 cm³/mol. The van der Waals surface area contributed by atoms with Gasteiger partial charge in [-0.15, -0.1) is 0 Å². The molecular formula is C17H24N2O2. The van der Waals surface area contributed by atoms with Crippen molar-refractivity contribution in [3.05, 3.63) is 53.4 Å². The van der Waals surface area contributed by atoms with Crippen molar-refractivity contribution in [2.24, 2.45) is 5.73 Å². The van der Waals surface area contributed by atoms with Crippen LogP contribution in [0.25, 0.3) is 0 Å². The molecule has 0 amide bonds. The molecular weight excluding hydrogens is 264 g/mol. The number of nitrogens with two attached hydrogens (primary N) is 1. The molecule has 0 aromatic carbocycles. The van der Waals surface area contributed by atoms with Crippen LogP contribution in [0.15, 0.2) is 47.7 Å². The fourth-order valence-corrected chi connectivity index (χ4v) is 1.73. The number of hydrogen-bond acceptors (Lipinski definition) is 4. The molecule has 114 valence electrons. The van der Waals surface area contributed by atoms with E-state index in [1.165, 1.54) is 11.1 Å². The Morgan fingerprint density at radius 1 is 1.33 bits per heavy atom. The highest BCUT2D eigenvalue weighted by Crippen LogP contribution is 2.09. The van der Waals surface area contributed by atoms with E-state index in [0.717, 1.165) is 12.8 Å². The van der Waals surface area contributed by atoms with Crippen molar-refractivity contribution in [3.63, 3.8) is 0 Å². The van der Waals surface area contributed by atoms with Crippen molar-refractivity contribution >= 4 is 5.97 Å². The van der Waals surface area contributed by atoms with Crippen LogP contribution in [0, 0.1) is 0 Å². The Morgan fingerprint density at radius 3 is 2.71 bits per heavy atom. The monoisotopic (exact) mass is 288 g/mol. The van der Waals surface area contributed by atoms with Gasteiger partial charge in [0.2, 0.25) is 0 Å². The zero-order valence-corrected chi connectivity index (χ0v) is 13.0. The Morgan fingerprint density at radius 2 is 2.10 bits per heavy atom. The first-order chi connectivity index (χ1) is 10.0. The highest BCUT2D eigenvalue weighted by Gasteiger charge is 2.17. The standard InChI is InChI=1S/C17H24N2O2/c1-13(2)7-6-8-14(3)10-12-21-17(20)16(18)15-9-4-5-11-19-15/h4-5,7,9-11,16H,6,8,12,18H2,1-3H3. The largest absolute Gasteiger partial charge is 0.460 e. The number of nitrogens with zero attached hydrogens (tertiary/aromatic N) is 1. The maximum atomic E-state index is 11.8. The lowest BCUT2D eigenvalue weighted by Crippen LogP contribution is -2.24. The number of hydrogen-bond donors (Lipinski definition) is 1. The summed E-state index contributed by atoms with van der Waals surface area (Å²) in [5.41, 5.74) is 8.84. The average molecular weight is 288 g/mol. The van der Waals surface area contributed by atoms with Crippen LogP contribution in [0.4, 0.5) is 0 Å². The van der Waals surface area contributed by atoms with Crippen molar-refractivity contribution < 1.29 is 9.53 Å². The van der Waals surface area contributed by atoms with Crippen molar-refractivity contribution in [2.75, 3.05) is 6.61 Å². The minimum absolute atomic E-state index is 0.250. The Hall–Kier alpha value is -1.94. The van der Waals surface area contributed by atoms with Crippen molar-refractivity contribution in [2.45, 2.75) is 39.7 Å². The van der Waals surface area contributed by atoms with Gasteiger partial charge in [0, 0.05) is 6.20 Å². The number of pyridine rings is 1. The molecule has 1 aromatic rings. The number of rotatable bonds is 7. The number of carbonyl (C=O) groups is 1. The second kappa shape index (κ2) is 9.08. The van der Waals surface area contributed by atoms with Gasteiger partial charge in [-0.3, -0.25) is 4.98 Å². The topological polar surface area (TPSA) is 65.2 Å². The van der Waals surface area contributed by atoms with E-state index in [-0.39, 0.29) is 6.61 Å². The maximum Gasteiger partial charge on any atom is 0.329 e. The molecule has 1 atom stereocenters. The first-order valence-corrected chi connectivity index (χ1v) is 7.13. The summed E-state index contributed by atoms with van der Waals surface area (Å²) in [5, 5.41) is 0. The predicted octanol–water partition coefficient (Wildman–Crippen LogP) is 3.32. The van der Waals surface area contributed by atoms with Crippen molar-refractivity contribution in [1.29, 1.82) is 0 Å². The number of aromatic nitrogens is 1. The van der Waals surface area contributed by atoms with Crippen molar-refractivity contribution in [1.82, 2.24) is 4.98 Å². The molecule has 0 aliphatic rings. The van der Waals surface area contributed by atoms with Crippen molar-refractivity contribution in [3.8, 4) is 0 Å². The number of allylic oxidation sites excluding steroid dienone is 3. The Bertz CT molecular complexity index is 503. The van der Waals surface area contributed by atoms with Gasteiger partial charge in [-0.2, -0.15) is 0 Å². The van der Waals surface area contributed by atoms with E-state index in [1.807, 2.05) is 13.0 Å². The second-order valence-corrected chi connectivity index (χ2v) is 5.23. The smallest absolute Gasteiger partial charge is 0.329 e. The number of ether oxygens (including phenoxy) is 1. The van der Waals surface area contributed by atoms with Gasteiger partial charge in [0.25, 0.3) is 0 Å². The molecule has 0 bridgehead atoms. The fourth-order valence-electron chi connectivity index (χ4n) is 1.73. The molecule has 0 aliphatic carbocycles. The first kappa shape index (κ1) is 17.1. The van der Waals surface area contributed by atoms with Gasteiger partial charge < -0.3 is 10.5 Å². The highest BCUT2D eigenvalue weighted by molar-refractivity contribution is 5.76. The molecule has 1 rings (SSSR count). The van der Waals surface area contributed by atoms with E-state index in [2.05, 4.69) is 24.9 Å². The van der Waals surface area contributed by atoms with Gasteiger partial charge in [0.15, 0.2) is 0 Å². The molecule has 4 nitrogen and oxygen atoms in total. The van der Waals surface area contributed by atoms with E-state index in [9.17, 15) is 4.79 Å². The van der Waals surface area contributed by atoms with E-state index in [4.69, 9.17) is 10.5 Å². The van der Waals surface area contributed by atoms with Crippen LogP contribution >= 0.6 is 0 Å². The van der Waals surface area contributed by atoms with E-state index in [1.54, 1.807) is 24.4 Å². The van der Waals surface area contributed by atoms with Gasteiger partial charge >= 0.3 is 5.97 Å². The molecule has 0 saturated heterocycles. The first-order valence-electron chi connectivity index (χ1n) is 7.13. The molecule has 0 saturated carbocycles. The number of esters is 1. The summed E-state index contributed by atoms with van der Waals surface area (Å²) in [7, 11) is 0. The Balaban J connectivity index is 2.37. The zero-order chi connectivity index (χ0) is 15.7. The van der Waals surface area contributed by atoms with Crippen LogP contribution < -0.4 is 5.73 Å². The molecule has 21 heavy (non-hydrogen) atoms. The molecule has 0 aliphatic heterocycles. The Kier molecular flexibility index (Phi) is 7.40. The lowest BCUT2D eigenvalue weighted by atomic mass is 10.1. The zero-order valence-electron chi connectivity index (χ0n) is 13.0. The summed E-state index contributed by atoms with van der Waals surface area (Å²) in [6.45, 7) is 6.45. The molecule has 1 heterocycles. The SMILES string of the molecule is CC(C)=CCCC(C)=CCOC(=O)C(N)c1ccccn1. The lowest BCUT2D eigenvalue weighted by Gasteiger charge is -2.10. The number of carbonyl (C=O) groups excluding carboxylic acids is 1. The normalized spacial score (nSPS) is 12.7. The third-order valence-corrected chi connectivity index (χ3v) is 3.01. The quantitative estimate of drug-likeness (QED) is 0.617. The second-order valence-electron chi connectivity index (χ2n) is 5.23. The highest BCUT2D eigenvalue weighted by atomic mass is 16.5. The molecule has 1 unspecified atom stereocenters. The third kappa shape index (κ3) is 6.86. The van der Waals surface area contributed by atoms with E-state index < -0.39 is 12.0 Å². The summed E-state index contributed by atoms with van der Waals surface area (Å²) in [6.07, 6.45) is 7.69. The van der Waals surface area contributed by atoms with E-state index in [0.29, 0.717) is 5.69 Å². The van der Waals surface area contributed by atoms with Crippen LogP contribution in [0.1, 0.15) is 45.3 Å². The fraction of sp³-hybridized carbons (Fsp3) is 0.412. The summed E-state index contributed by atoms with van der Waals surface area (Å²) in [4.78, 5) is 15.9. The maximum absolute atomic E-state index is 11.8. The Labute approximate surface area is 126 Å². The van der Waals surface area contributed by atoms with Crippen LogP contribution in [0.3, 0.4) is 0 Å². The molecule has 0 spiro atoms. The molecule has 4 heteroatoms. The molecule has 0 radical (unpaired) electrons. The molecule has 0 fully saturated rings. The summed E-state index contributed by atoms with van der Waals surface area (Å²) >= 11 is 0. The minimum atomic E-state index is -0.828. The lowest BCUT2D eigenvalue weighted by molar-refractivity contribution is -0.144. The summed E-state index contributed by atoms with van der Waals surface area (Å²) < 4.78 is 5.16. The van der Waals surface area contributed by atoms with Gasteiger partial charge in [-0.25, -0.2) is 4.79 Å². The van der Waals surface area contributed by atoms with Gasteiger partial charge in [0.05, 0.1) is 5.69 Å². The van der Waals surface area contributed by atoms with Gasteiger partial charge in [-0.05, 0) is 51.8 Å². The summed E-state index contributed by atoms with van der Waals surface area (Å²) in [5.74, 6) is -0.456. The molecule has 1 aromatic heterocycles. The summed E-state index contributed by atoms with van der Waals surface area (Å²) in [6, 6.07) is 4.46. The average Bonchev–Trinajstić information content (AvgIpc) is 2.46. The van der Waals surface area contributed by atoms with Gasteiger partial charge in [0.1, 0.15) is 12.6 Å². The van der Waals surface area contributed by atoms with Crippen LogP contribution in [-0.4, -0.2) is 17.6 Å². The van der Waals surface area contributed by atoms with Crippen LogP contribution in [-0.2, 0) is 9.53 Å². The minimum Gasteiger partial charge on any atom is -0.460 e. The van der Waals surface area contributed by atoms with E-state index >= 15 is 0 Å². The third-order valence-electron chi connectivity index (χ3n) is 3.01.